The minimum atomic E-state index is -0.183. The zero-order valence-electron chi connectivity index (χ0n) is 7.28. The van der Waals surface area contributed by atoms with Gasteiger partial charge in [0.2, 0.25) is 0 Å². The Bertz CT molecular complexity index is 526. The highest BCUT2D eigenvalue weighted by molar-refractivity contribution is 6.31. The minimum absolute atomic E-state index is 0.183. The molecule has 5 heteroatoms. The van der Waals surface area contributed by atoms with Crippen LogP contribution in [0.5, 0.6) is 0 Å². The first kappa shape index (κ1) is 8.31. The second-order valence-corrected chi connectivity index (χ2v) is 3.35. The summed E-state index contributed by atoms with van der Waals surface area (Å²) in [6.45, 7) is 1.88. The first-order chi connectivity index (χ1) is 6.09. The number of hydrogen-bond donors (Lipinski definition) is 0. The molecule has 2 aromatic heterocycles. The number of pyridine rings is 1. The lowest BCUT2D eigenvalue weighted by atomic mass is 10.3. The van der Waals surface area contributed by atoms with E-state index in [1.165, 1.54) is 9.08 Å². The van der Waals surface area contributed by atoms with Gasteiger partial charge in [-0.1, -0.05) is 11.6 Å². The van der Waals surface area contributed by atoms with Gasteiger partial charge in [0, 0.05) is 13.2 Å². The molecule has 0 fully saturated rings. The van der Waals surface area contributed by atoms with Gasteiger partial charge >= 0.3 is 5.69 Å². The largest absolute Gasteiger partial charge is 0.350 e. The zero-order valence-corrected chi connectivity index (χ0v) is 8.04. The van der Waals surface area contributed by atoms with Gasteiger partial charge in [0.05, 0.1) is 5.02 Å². The van der Waals surface area contributed by atoms with Crippen molar-refractivity contribution in [2.75, 3.05) is 0 Å². The van der Waals surface area contributed by atoms with Gasteiger partial charge < -0.3 is 0 Å². The third kappa shape index (κ3) is 1.14. The van der Waals surface area contributed by atoms with Crippen LogP contribution in [0, 0.1) is 6.92 Å². The molecular weight excluding hydrogens is 190 g/mol. The van der Waals surface area contributed by atoms with Crippen molar-refractivity contribution in [3.8, 4) is 0 Å². The number of rotatable bonds is 0. The third-order valence-electron chi connectivity index (χ3n) is 1.95. The summed E-state index contributed by atoms with van der Waals surface area (Å²) < 4.78 is 2.71. The summed E-state index contributed by atoms with van der Waals surface area (Å²) in [5.41, 5.74) is 1.35. The molecule has 0 unspecified atom stereocenters. The highest BCUT2D eigenvalue weighted by atomic mass is 35.5. The van der Waals surface area contributed by atoms with Gasteiger partial charge in [0.25, 0.3) is 0 Å². The lowest BCUT2D eigenvalue weighted by Gasteiger charge is -1.96. The molecule has 0 amide bonds. The second kappa shape index (κ2) is 2.60. The van der Waals surface area contributed by atoms with E-state index in [9.17, 15) is 4.79 Å². The highest BCUT2D eigenvalue weighted by Gasteiger charge is 2.05. The predicted octanol–water partition coefficient (Wildman–Crippen LogP) is 0.995. The van der Waals surface area contributed by atoms with Crippen LogP contribution in [0.4, 0.5) is 0 Å². The summed E-state index contributed by atoms with van der Waals surface area (Å²) in [5, 5.41) is 4.59. The Morgan fingerprint density at radius 1 is 1.54 bits per heavy atom. The SMILES string of the molecule is Cc1cc2nn(C)c(=O)n2cc1Cl. The van der Waals surface area contributed by atoms with Crippen LogP contribution in [-0.2, 0) is 7.05 Å². The quantitative estimate of drug-likeness (QED) is 0.632. The minimum Gasteiger partial charge on any atom is -0.249 e. The van der Waals surface area contributed by atoms with Crippen molar-refractivity contribution in [1.82, 2.24) is 14.2 Å². The number of fused-ring (bicyclic) bond motifs is 1. The molecule has 0 atom stereocenters. The van der Waals surface area contributed by atoms with Crippen molar-refractivity contribution in [3.63, 3.8) is 0 Å². The molecule has 0 saturated carbocycles. The van der Waals surface area contributed by atoms with Crippen LogP contribution in [0.3, 0.4) is 0 Å². The van der Waals surface area contributed by atoms with Crippen LogP contribution in [-0.4, -0.2) is 14.2 Å². The summed E-state index contributed by atoms with van der Waals surface area (Å²) >= 11 is 5.87. The van der Waals surface area contributed by atoms with E-state index in [1.807, 2.05) is 6.92 Å². The number of halogens is 1. The van der Waals surface area contributed by atoms with Crippen molar-refractivity contribution in [2.24, 2.45) is 7.05 Å². The topological polar surface area (TPSA) is 39.3 Å². The molecule has 0 N–H and O–H groups in total. The Morgan fingerprint density at radius 3 is 2.92 bits per heavy atom. The maximum atomic E-state index is 11.4. The molecule has 2 rings (SSSR count). The molecule has 2 aromatic rings. The highest BCUT2D eigenvalue weighted by Crippen LogP contribution is 2.14. The van der Waals surface area contributed by atoms with Crippen LogP contribution in [0.15, 0.2) is 17.1 Å². The van der Waals surface area contributed by atoms with E-state index in [1.54, 1.807) is 19.3 Å². The molecular formula is C8H8ClN3O. The average Bonchev–Trinajstić information content (AvgIpc) is 2.32. The number of nitrogens with zero attached hydrogens (tertiary/aromatic N) is 3. The van der Waals surface area contributed by atoms with E-state index in [0.29, 0.717) is 10.7 Å². The van der Waals surface area contributed by atoms with Crippen LogP contribution in [0.25, 0.3) is 5.65 Å². The van der Waals surface area contributed by atoms with Gasteiger partial charge in [-0.05, 0) is 18.6 Å². The molecule has 0 saturated heterocycles. The zero-order chi connectivity index (χ0) is 9.59. The van der Waals surface area contributed by atoms with Gasteiger partial charge in [-0.15, -0.1) is 0 Å². The van der Waals surface area contributed by atoms with E-state index in [2.05, 4.69) is 5.10 Å². The smallest absolute Gasteiger partial charge is 0.249 e. The molecule has 0 aliphatic rings. The number of hydrogen-bond acceptors (Lipinski definition) is 2. The molecule has 2 heterocycles. The van der Waals surface area contributed by atoms with Crippen molar-refractivity contribution >= 4 is 17.2 Å². The molecule has 68 valence electrons. The van der Waals surface area contributed by atoms with Gasteiger partial charge in [0.15, 0.2) is 5.65 Å². The molecule has 0 aliphatic heterocycles. The van der Waals surface area contributed by atoms with Crippen molar-refractivity contribution in [3.05, 3.63) is 33.3 Å². The Morgan fingerprint density at radius 2 is 2.23 bits per heavy atom. The van der Waals surface area contributed by atoms with E-state index in [4.69, 9.17) is 11.6 Å². The Labute approximate surface area is 79.4 Å². The lowest BCUT2D eigenvalue weighted by molar-refractivity contribution is 0.733. The van der Waals surface area contributed by atoms with Gasteiger partial charge in [0.1, 0.15) is 0 Å². The van der Waals surface area contributed by atoms with E-state index < -0.39 is 0 Å². The fourth-order valence-electron chi connectivity index (χ4n) is 1.20. The summed E-state index contributed by atoms with van der Waals surface area (Å²) in [6.07, 6.45) is 1.58. The van der Waals surface area contributed by atoms with E-state index >= 15 is 0 Å². The Balaban J connectivity index is 2.97. The fraction of sp³-hybridized carbons (Fsp3) is 0.250. The summed E-state index contributed by atoms with van der Waals surface area (Å²) in [4.78, 5) is 11.4. The predicted molar refractivity (Wildman–Crippen MR) is 50.2 cm³/mol. The molecule has 0 aliphatic carbocycles. The summed E-state index contributed by atoms with van der Waals surface area (Å²) in [6, 6.07) is 1.78. The molecule has 4 nitrogen and oxygen atoms in total. The summed E-state index contributed by atoms with van der Waals surface area (Å²) in [7, 11) is 1.61. The van der Waals surface area contributed by atoms with E-state index in [-0.39, 0.29) is 5.69 Å². The van der Waals surface area contributed by atoms with Gasteiger partial charge in [-0.2, -0.15) is 5.10 Å². The Kier molecular flexibility index (Phi) is 1.66. The van der Waals surface area contributed by atoms with Crippen LogP contribution >= 0.6 is 11.6 Å². The van der Waals surface area contributed by atoms with E-state index in [0.717, 1.165) is 5.56 Å². The fourth-order valence-corrected chi connectivity index (χ4v) is 1.35. The maximum absolute atomic E-state index is 11.4. The average molecular weight is 198 g/mol. The third-order valence-corrected chi connectivity index (χ3v) is 2.34. The molecule has 0 radical (unpaired) electrons. The maximum Gasteiger partial charge on any atom is 0.350 e. The van der Waals surface area contributed by atoms with Crippen LogP contribution in [0.2, 0.25) is 5.02 Å². The molecule has 0 aromatic carbocycles. The van der Waals surface area contributed by atoms with Crippen molar-refractivity contribution in [1.29, 1.82) is 0 Å². The number of aromatic nitrogens is 3. The second-order valence-electron chi connectivity index (χ2n) is 2.94. The standard InChI is InChI=1S/C8H8ClN3O/c1-5-3-7-10-11(2)8(13)12(7)4-6(5)9/h3-4H,1-2H3. The van der Waals surface area contributed by atoms with Gasteiger partial charge in [-0.25, -0.2) is 13.9 Å². The molecule has 13 heavy (non-hydrogen) atoms. The first-order valence-corrected chi connectivity index (χ1v) is 4.19. The lowest BCUT2D eigenvalue weighted by Crippen LogP contribution is -2.17. The first-order valence-electron chi connectivity index (χ1n) is 3.81. The van der Waals surface area contributed by atoms with Crippen molar-refractivity contribution in [2.45, 2.75) is 6.92 Å². The van der Waals surface area contributed by atoms with Crippen LogP contribution in [0.1, 0.15) is 5.56 Å². The van der Waals surface area contributed by atoms with Crippen LogP contribution < -0.4 is 5.69 Å². The van der Waals surface area contributed by atoms with Crippen molar-refractivity contribution < 1.29 is 0 Å². The Hall–Kier alpha value is -1.29. The molecule has 0 bridgehead atoms. The summed E-state index contributed by atoms with van der Waals surface area (Å²) in [5.74, 6) is 0. The monoisotopic (exact) mass is 197 g/mol. The normalized spacial score (nSPS) is 11.0. The number of aryl methyl sites for hydroxylation is 2. The molecule has 0 spiro atoms. The van der Waals surface area contributed by atoms with Gasteiger partial charge in [-0.3, -0.25) is 0 Å².